The monoisotopic (exact) mass is 300 g/mol. The van der Waals surface area contributed by atoms with Crippen molar-refractivity contribution >= 4 is 21.5 Å². The Hall–Kier alpha value is -1.80. The maximum Gasteiger partial charge on any atom is 0.269 e. The highest BCUT2D eigenvalue weighted by atomic mass is 32.2. The Morgan fingerprint density at radius 2 is 1.85 bits per heavy atom. The average molecular weight is 300 g/mol. The van der Waals surface area contributed by atoms with Crippen LogP contribution in [0.2, 0.25) is 0 Å². The second kappa shape index (κ2) is 6.58. The maximum absolute atomic E-state index is 11.7. The first kappa shape index (κ1) is 16.3. The number of benzene rings is 1. The molecule has 0 bridgehead atoms. The van der Waals surface area contributed by atoms with Gasteiger partial charge in [-0.1, -0.05) is 26.0 Å². The summed E-state index contributed by atoms with van der Waals surface area (Å²) >= 11 is 0. The summed E-state index contributed by atoms with van der Waals surface area (Å²) in [4.78, 5) is 21.3. The summed E-state index contributed by atoms with van der Waals surface area (Å²) in [5.74, 6) is -0.759. The maximum atomic E-state index is 11.7. The molecule has 0 aliphatic carbocycles. The van der Waals surface area contributed by atoms with E-state index < -0.39 is 14.9 Å². The first-order chi connectivity index (χ1) is 9.21. The summed E-state index contributed by atoms with van der Waals surface area (Å²) in [6.45, 7) is 3.13. The minimum atomic E-state index is -3.64. The van der Waals surface area contributed by atoms with Crippen LogP contribution in [0.1, 0.15) is 19.4 Å². The van der Waals surface area contributed by atoms with Crippen LogP contribution in [0.5, 0.6) is 0 Å². The van der Waals surface area contributed by atoms with Crippen LogP contribution in [0.3, 0.4) is 0 Å². The van der Waals surface area contributed by atoms with Gasteiger partial charge in [0, 0.05) is 18.1 Å². The number of non-ortho nitro benzene ring substituents is 1. The quantitative estimate of drug-likeness (QED) is 0.602. The van der Waals surface area contributed by atoms with Crippen molar-refractivity contribution in [2.24, 2.45) is 5.92 Å². The highest BCUT2D eigenvalue weighted by Crippen LogP contribution is 2.13. The van der Waals surface area contributed by atoms with Gasteiger partial charge in [0.25, 0.3) is 5.69 Å². The normalized spacial score (nSPS) is 11.6. The molecule has 1 aromatic rings. The molecule has 1 aromatic carbocycles. The van der Waals surface area contributed by atoms with Crippen LogP contribution in [0, 0.1) is 16.0 Å². The van der Waals surface area contributed by atoms with Gasteiger partial charge in [-0.3, -0.25) is 14.9 Å². The Morgan fingerprint density at radius 3 is 2.30 bits per heavy atom. The van der Waals surface area contributed by atoms with Gasteiger partial charge in [-0.25, -0.2) is 13.1 Å². The van der Waals surface area contributed by atoms with E-state index in [1.54, 1.807) is 13.8 Å². The fraction of sp³-hybridized carbons (Fsp3) is 0.417. The van der Waals surface area contributed by atoms with Gasteiger partial charge < -0.3 is 0 Å². The zero-order valence-electron chi connectivity index (χ0n) is 11.2. The van der Waals surface area contributed by atoms with Gasteiger partial charge in [0.1, 0.15) is 5.78 Å². The van der Waals surface area contributed by atoms with Crippen LogP contribution >= 0.6 is 0 Å². The van der Waals surface area contributed by atoms with Crippen LogP contribution in [-0.4, -0.2) is 25.7 Å². The Labute approximate surface area is 117 Å². The van der Waals surface area contributed by atoms with E-state index in [-0.39, 0.29) is 29.7 Å². The molecule has 110 valence electrons. The molecule has 0 aromatic heterocycles. The van der Waals surface area contributed by atoms with Crippen molar-refractivity contribution in [3.8, 4) is 0 Å². The molecule has 7 nitrogen and oxygen atoms in total. The number of nitrogens with zero attached hydrogens (tertiary/aromatic N) is 1. The zero-order valence-corrected chi connectivity index (χ0v) is 12.0. The first-order valence-corrected chi connectivity index (χ1v) is 7.60. The van der Waals surface area contributed by atoms with Crippen LogP contribution in [0.15, 0.2) is 24.3 Å². The van der Waals surface area contributed by atoms with Crippen molar-refractivity contribution in [3.63, 3.8) is 0 Å². The van der Waals surface area contributed by atoms with E-state index in [1.807, 2.05) is 0 Å². The van der Waals surface area contributed by atoms with Crippen LogP contribution < -0.4 is 4.72 Å². The molecule has 0 aliphatic heterocycles. The smallest absolute Gasteiger partial charge is 0.269 e. The molecule has 0 saturated carbocycles. The van der Waals surface area contributed by atoms with E-state index in [9.17, 15) is 23.3 Å². The largest absolute Gasteiger partial charge is 0.298 e. The van der Waals surface area contributed by atoms with Crippen LogP contribution in [0.4, 0.5) is 5.69 Å². The number of rotatable bonds is 7. The van der Waals surface area contributed by atoms with E-state index >= 15 is 0 Å². The van der Waals surface area contributed by atoms with Gasteiger partial charge in [0.05, 0.1) is 17.2 Å². The van der Waals surface area contributed by atoms with Gasteiger partial charge >= 0.3 is 0 Å². The third-order valence-corrected chi connectivity index (χ3v) is 3.91. The second-order valence-electron chi connectivity index (χ2n) is 4.62. The fourth-order valence-corrected chi connectivity index (χ4v) is 2.47. The lowest BCUT2D eigenvalue weighted by atomic mass is 10.1. The highest BCUT2D eigenvalue weighted by molar-refractivity contribution is 7.88. The van der Waals surface area contributed by atoms with Crippen molar-refractivity contribution in [2.75, 3.05) is 6.54 Å². The lowest BCUT2D eigenvalue weighted by molar-refractivity contribution is -0.384. The number of nitrogens with one attached hydrogen (secondary N) is 1. The van der Waals surface area contributed by atoms with Gasteiger partial charge in [-0.2, -0.15) is 0 Å². The Balaban J connectivity index is 2.66. The molecule has 0 heterocycles. The summed E-state index contributed by atoms with van der Waals surface area (Å²) in [5, 5.41) is 10.5. The number of sulfonamides is 1. The molecule has 0 spiro atoms. The van der Waals surface area contributed by atoms with Crippen molar-refractivity contribution < 1.29 is 18.1 Å². The number of hydrogen-bond acceptors (Lipinski definition) is 5. The van der Waals surface area contributed by atoms with Gasteiger partial charge in [-0.15, -0.1) is 0 Å². The first-order valence-electron chi connectivity index (χ1n) is 5.94. The van der Waals surface area contributed by atoms with E-state index in [0.29, 0.717) is 5.56 Å². The number of ketones is 1. The molecular weight excluding hydrogens is 284 g/mol. The summed E-state index contributed by atoms with van der Waals surface area (Å²) in [7, 11) is -3.64. The fourth-order valence-electron chi connectivity index (χ4n) is 1.37. The molecule has 0 saturated heterocycles. The number of carbonyl (C=O) groups is 1. The minimum absolute atomic E-state index is 0.103. The van der Waals surface area contributed by atoms with Crippen molar-refractivity contribution in [1.82, 2.24) is 4.72 Å². The summed E-state index contributed by atoms with van der Waals surface area (Å²) < 4.78 is 25.7. The average Bonchev–Trinajstić information content (AvgIpc) is 2.36. The molecular formula is C12H16N2O5S. The van der Waals surface area contributed by atoms with E-state index in [4.69, 9.17) is 0 Å². The number of hydrogen-bond donors (Lipinski definition) is 1. The van der Waals surface area contributed by atoms with E-state index in [1.165, 1.54) is 24.3 Å². The molecule has 1 rings (SSSR count). The number of nitro groups is 1. The lowest BCUT2D eigenvalue weighted by Gasteiger charge is -2.07. The topological polar surface area (TPSA) is 106 Å². The van der Waals surface area contributed by atoms with Gasteiger partial charge in [0.2, 0.25) is 10.0 Å². The second-order valence-corrected chi connectivity index (χ2v) is 6.43. The van der Waals surface area contributed by atoms with Crippen LogP contribution in [-0.2, 0) is 20.6 Å². The molecule has 20 heavy (non-hydrogen) atoms. The summed E-state index contributed by atoms with van der Waals surface area (Å²) in [6, 6.07) is 5.23. The third-order valence-electron chi connectivity index (χ3n) is 2.61. The predicted octanol–water partition coefficient (Wildman–Crippen LogP) is 1.24. The molecule has 0 fully saturated rings. The molecule has 0 radical (unpaired) electrons. The standard InChI is InChI=1S/C12H16N2O5S/c1-9(2)12(15)7-13-20(18,19)8-10-3-5-11(6-4-10)14(16)17/h3-6,9,13H,7-8H2,1-2H3. The van der Waals surface area contributed by atoms with Crippen molar-refractivity contribution in [1.29, 1.82) is 0 Å². The highest BCUT2D eigenvalue weighted by Gasteiger charge is 2.15. The number of Topliss-reactive ketones (excluding diaryl/α,β-unsaturated/α-hetero) is 1. The lowest BCUT2D eigenvalue weighted by Crippen LogP contribution is -2.32. The van der Waals surface area contributed by atoms with Crippen molar-refractivity contribution in [2.45, 2.75) is 19.6 Å². The Bertz CT molecular complexity index is 593. The van der Waals surface area contributed by atoms with Crippen molar-refractivity contribution in [3.05, 3.63) is 39.9 Å². The zero-order chi connectivity index (χ0) is 15.3. The van der Waals surface area contributed by atoms with E-state index in [2.05, 4.69) is 4.72 Å². The third kappa shape index (κ3) is 5.06. The molecule has 0 amide bonds. The predicted molar refractivity (Wildman–Crippen MR) is 73.6 cm³/mol. The number of carbonyl (C=O) groups excluding carboxylic acids is 1. The Morgan fingerprint density at radius 1 is 1.30 bits per heavy atom. The van der Waals surface area contributed by atoms with Crippen LogP contribution in [0.25, 0.3) is 0 Å². The SMILES string of the molecule is CC(C)C(=O)CNS(=O)(=O)Cc1ccc([N+](=O)[O-])cc1. The molecule has 0 atom stereocenters. The molecule has 0 aliphatic rings. The minimum Gasteiger partial charge on any atom is -0.298 e. The molecule has 8 heteroatoms. The van der Waals surface area contributed by atoms with E-state index in [0.717, 1.165) is 0 Å². The summed E-state index contributed by atoms with van der Waals surface area (Å²) in [6.07, 6.45) is 0. The number of nitro benzene ring substituents is 1. The van der Waals surface area contributed by atoms with Gasteiger partial charge in [0.15, 0.2) is 0 Å². The molecule has 1 N–H and O–H groups in total. The summed E-state index contributed by atoms with van der Waals surface area (Å²) in [5.41, 5.74) is 0.314. The van der Waals surface area contributed by atoms with Gasteiger partial charge in [-0.05, 0) is 5.56 Å². The Kier molecular flexibility index (Phi) is 5.34. The molecule has 0 unspecified atom stereocenters.